The molecule has 1 unspecified atom stereocenters. The first-order valence-electron chi connectivity index (χ1n) is 8.99. The maximum atomic E-state index is 13.2. The summed E-state index contributed by atoms with van der Waals surface area (Å²) >= 11 is 0. The number of hydrogen-bond acceptors (Lipinski definition) is 4. The van der Waals surface area contributed by atoms with Crippen LogP contribution in [-0.4, -0.2) is 47.9 Å². The third kappa shape index (κ3) is 3.71. The highest BCUT2D eigenvalue weighted by Gasteiger charge is 2.20. The van der Waals surface area contributed by atoms with Gasteiger partial charge >= 0.3 is 0 Å². The van der Waals surface area contributed by atoms with Crippen molar-refractivity contribution in [3.05, 3.63) is 59.3 Å². The smallest absolute Gasteiger partial charge is 0.126 e. The number of nitrogens with one attached hydrogen (secondary N) is 1. The maximum absolute atomic E-state index is 13.2. The van der Waals surface area contributed by atoms with Crippen molar-refractivity contribution >= 4 is 11.5 Å². The van der Waals surface area contributed by atoms with Gasteiger partial charge in [0.25, 0.3) is 0 Å². The van der Waals surface area contributed by atoms with Gasteiger partial charge in [-0.1, -0.05) is 24.3 Å². The van der Waals surface area contributed by atoms with Crippen LogP contribution < -0.4 is 5.32 Å². The Hall–Kier alpha value is -2.27. The van der Waals surface area contributed by atoms with E-state index in [4.69, 9.17) is 0 Å². The van der Waals surface area contributed by atoms with Crippen LogP contribution in [0.15, 0.2) is 47.6 Å². The average Bonchev–Trinajstić information content (AvgIpc) is 3.25. The molecule has 4 rings (SSSR count). The number of pyridine rings is 1. The number of benzene rings is 1. The van der Waals surface area contributed by atoms with Crippen LogP contribution in [0.5, 0.6) is 0 Å². The number of nitrogens with zero attached hydrogens (tertiary/aromatic N) is 3. The SMILES string of the molecule is FC1CCN(CCCNc2cc(C3=NCc4ccccc43)ccn2)C1. The molecule has 2 aromatic rings. The summed E-state index contributed by atoms with van der Waals surface area (Å²) in [5.41, 5.74) is 4.64. The molecule has 25 heavy (non-hydrogen) atoms. The Morgan fingerprint density at radius 3 is 3.04 bits per heavy atom. The van der Waals surface area contributed by atoms with Gasteiger partial charge in [-0.2, -0.15) is 0 Å². The molecule has 130 valence electrons. The maximum Gasteiger partial charge on any atom is 0.126 e. The molecular formula is C20H23FN4. The van der Waals surface area contributed by atoms with Crippen LogP contribution in [0.2, 0.25) is 0 Å². The summed E-state index contributed by atoms with van der Waals surface area (Å²) < 4.78 is 13.2. The van der Waals surface area contributed by atoms with E-state index in [0.29, 0.717) is 13.0 Å². The molecule has 2 aliphatic heterocycles. The van der Waals surface area contributed by atoms with E-state index in [1.54, 1.807) is 0 Å². The first-order chi connectivity index (χ1) is 12.3. The van der Waals surface area contributed by atoms with Crippen molar-refractivity contribution in [1.29, 1.82) is 0 Å². The summed E-state index contributed by atoms with van der Waals surface area (Å²) in [5, 5.41) is 3.38. The van der Waals surface area contributed by atoms with Gasteiger partial charge in [-0.15, -0.1) is 0 Å². The molecule has 0 bridgehead atoms. The van der Waals surface area contributed by atoms with Crippen LogP contribution in [0.25, 0.3) is 0 Å². The Balaban J connectivity index is 1.34. The minimum absolute atomic E-state index is 0.590. The lowest BCUT2D eigenvalue weighted by Crippen LogP contribution is -2.24. The summed E-state index contributed by atoms with van der Waals surface area (Å²) in [6.07, 6.45) is 2.86. The van der Waals surface area contributed by atoms with Gasteiger partial charge < -0.3 is 10.2 Å². The fourth-order valence-corrected chi connectivity index (χ4v) is 3.57. The predicted octanol–water partition coefficient (Wildman–Crippen LogP) is 3.28. The quantitative estimate of drug-likeness (QED) is 0.822. The number of halogens is 1. The summed E-state index contributed by atoms with van der Waals surface area (Å²) in [4.78, 5) is 11.3. The number of rotatable bonds is 6. The van der Waals surface area contributed by atoms with Gasteiger partial charge in [0.2, 0.25) is 0 Å². The van der Waals surface area contributed by atoms with Crippen LogP contribution in [-0.2, 0) is 6.54 Å². The van der Waals surface area contributed by atoms with Crippen molar-refractivity contribution in [2.24, 2.45) is 4.99 Å². The molecule has 0 amide bonds. The van der Waals surface area contributed by atoms with Crippen molar-refractivity contribution < 1.29 is 4.39 Å². The van der Waals surface area contributed by atoms with Crippen LogP contribution in [0, 0.1) is 0 Å². The molecule has 0 radical (unpaired) electrons. The van der Waals surface area contributed by atoms with Gasteiger partial charge in [0.15, 0.2) is 0 Å². The van der Waals surface area contributed by atoms with Crippen LogP contribution in [0.1, 0.15) is 29.5 Å². The number of alkyl halides is 1. The molecule has 1 aromatic heterocycles. The highest BCUT2D eigenvalue weighted by molar-refractivity contribution is 6.15. The fraction of sp³-hybridized carbons (Fsp3) is 0.400. The van der Waals surface area contributed by atoms with E-state index < -0.39 is 6.17 Å². The zero-order chi connectivity index (χ0) is 17.1. The molecule has 0 aliphatic carbocycles. The van der Waals surface area contributed by atoms with E-state index in [0.717, 1.165) is 49.7 Å². The standard InChI is InChI=1S/C20H23FN4/c21-17-7-11-25(14-17)10-3-8-22-19-12-15(6-9-23-19)20-18-5-2-1-4-16(18)13-24-20/h1-2,4-6,9,12,17H,3,7-8,10-11,13-14H2,(H,22,23). The monoisotopic (exact) mass is 338 g/mol. The lowest BCUT2D eigenvalue weighted by atomic mass is 10.0. The minimum Gasteiger partial charge on any atom is -0.370 e. The summed E-state index contributed by atoms with van der Waals surface area (Å²) in [6, 6.07) is 12.4. The minimum atomic E-state index is -0.638. The molecule has 1 atom stereocenters. The van der Waals surface area contributed by atoms with Crippen molar-refractivity contribution in [3.8, 4) is 0 Å². The molecular weight excluding hydrogens is 315 g/mol. The first kappa shape index (κ1) is 16.2. The van der Waals surface area contributed by atoms with E-state index in [-0.39, 0.29) is 0 Å². The molecule has 1 aromatic carbocycles. The number of hydrogen-bond donors (Lipinski definition) is 1. The molecule has 1 saturated heterocycles. The zero-order valence-corrected chi connectivity index (χ0v) is 14.3. The molecule has 3 heterocycles. The third-order valence-corrected chi connectivity index (χ3v) is 4.89. The number of fused-ring (bicyclic) bond motifs is 1. The molecule has 5 heteroatoms. The van der Waals surface area contributed by atoms with Gasteiger partial charge in [-0.25, -0.2) is 9.37 Å². The highest BCUT2D eigenvalue weighted by Crippen LogP contribution is 2.23. The average molecular weight is 338 g/mol. The van der Waals surface area contributed by atoms with Crippen molar-refractivity contribution in [3.63, 3.8) is 0 Å². The molecule has 0 saturated carbocycles. The number of aromatic nitrogens is 1. The molecule has 1 fully saturated rings. The normalized spacial score (nSPS) is 19.7. The van der Waals surface area contributed by atoms with Crippen LogP contribution >= 0.6 is 0 Å². The predicted molar refractivity (Wildman–Crippen MR) is 99.1 cm³/mol. The number of likely N-dealkylation sites (tertiary alicyclic amines) is 1. The van der Waals surface area contributed by atoms with Gasteiger partial charge in [-0.3, -0.25) is 4.99 Å². The topological polar surface area (TPSA) is 40.5 Å². The van der Waals surface area contributed by atoms with Crippen molar-refractivity contribution in [2.45, 2.75) is 25.6 Å². The van der Waals surface area contributed by atoms with Gasteiger partial charge in [-0.05, 0) is 37.1 Å². The van der Waals surface area contributed by atoms with E-state index in [9.17, 15) is 4.39 Å². The van der Waals surface area contributed by atoms with Gasteiger partial charge in [0.05, 0.1) is 12.3 Å². The largest absolute Gasteiger partial charge is 0.370 e. The number of aliphatic imine (C=N–C) groups is 1. The Morgan fingerprint density at radius 2 is 2.16 bits per heavy atom. The summed E-state index contributed by atoms with van der Waals surface area (Å²) in [7, 11) is 0. The zero-order valence-electron chi connectivity index (χ0n) is 14.3. The third-order valence-electron chi connectivity index (χ3n) is 4.89. The van der Waals surface area contributed by atoms with Crippen LogP contribution in [0.3, 0.4) is 0 Å². The summed E-state index contributed by atoms with van der Waals surface area (Å²) in [6.45, 7) is 4.00. The van der Waals surface area contributed by atoms with Gasteiger partial charge in [0, 0.05) is 37.0 Å². The van der Waals surface area contributed by atoms with E-state index in [1.165, 1.54) is 11.1 Å². The van der Waals surface area contributed by atoms with E-state index >= 15 is 0 Å². The Morgan fingerprint density at radius 1 is 1.24 bits per heavy atom. The van der Waals surface area contributed by atoms with E-state index in [1.807, 2.05) is 12.3 Å². The Kier molecular flexibility index (Phi) is 4.74. The van der Waals surface area contributed by atoms with E-state index in [2.05, 4.69) is 50.5 Å². The summed E-state index contributed by atoms with van der Waals surface area (Å²) in [5.74, 6) is 0.870. The van der Waals surface area contributed by atoms with Crippen molar-refractivity contribution in [1.82, 2.24) is 9.88 Å². The molecule has 1 N–H and O–H groups in total. The lowest BCUT2D eigenvalue weighted by molar-refractivity contribution is 0.287. The fourth-order valence-electron chi connectivity index (χ4n) is 3.57. The second kappa shape index (κ2) is 7.31. The number of anilines is 1. The highest BCUT2D eigenvalue weighted by atomic mass is 19.1. The Bertz CT molecular complexity index is 774. The lowest BCUT2D eigenvalue weighted by Gasteiger charge is -2.14. The second-order valence-corrected chi connectivity index (χ2v) is 6.72. The molecule has 4 nitrogen and oxygen atoms in total. The van der Waals surface area contributed by atoms with Crippen LogP contribution in [0.4, 0.5) is 10.2 Å². The molecule has 0 spiro atoms. The van der Waals surface area contributed by atoms with Crippen molar-refractivity contribution in [2.75, 3.05) is 31.5 Å². The first-order valence-corrected chi connectivity index (χ1v) is 8.99. The van der Waals surface area contributed by atoms with Gasteiger partial charge in [0.1, 0.15) is 12.0 Å². The Labute approximate surface area is 147 Å². The molecule has 2 aliphatic rings. The second-order valence-electron chi connectivity index (χ2n) is 6.72.